The van der Waals surface area contributed by atoms with E-state index in [1.54, 1.807) is 24.3 Å². The zero-order valence-corrected chi connectivity index (χ0v) is 11.0. The Kier molecular flexibility index (Phi) is 3.93. The lowest BCUT2D eigenvalue weighted by atomic mass is 10.0. The van der Waals surface area contributed by atoms with Gasteiger partial charge in [-0.25, -0.2) is 8.42 Å². The van der Waals surface area contributed by atoms with Gasteiger partial charge in [-0.2, -0.15) is 0 Å². The van der Waals surface area contributed by atoms with E-state index in [1.807, 2.05) is 0 Å². The fourth-order valence-electron chi connectivity index (χ4n) is 2.30. The highest BCUT2D eigenvalue weighted by atomic mass is 32.2. The molecule has 1 aromatic carbocycles. The monoisotopic (exact) mass is 263 g/mol. The summed E-state index contributed by atoms with van der Waals surface area (Å²) in [5.41, 5.74) is 1.23. The fourth-order valence-corrected chi connectivity index (χ4v) is 3.87. The molecule has 1 saturated carbocycles. The van der Waals surface area contributed by atoms with E-state index < -0.39 is 10.0 Å². The van der Waals surface area contributed by atoms with Gasteiger partial charge >= 0.3 is 0 Å². The minimum atomic E-state index is -3.28. The van der Waals surface area contributed by atoms with Crippen molar-refractivity contribution in [1.29, 1.82) is 0 Å². The fraction of sp³-hybridized carbons (Fsp3) is 0.429. The first kappa shape index (κ1) is 13.0. The van der Waals surface area contributed by atoms with Crippen LogP contribution in [0.5, 0.6) is 0 Å². The molecule has 0 radical (unpaired) electrons. The number of nitrogens with one attached hydrogen (secondary N) is 1. The molecule has 2 rings (SSSR count). The SMILES string of the molecule is C#Cc1cccc(NS(=O)(=O)C2CCCCC2)c1. The van der Waals surface area contributed by atoms with Crippen LogP contribution in [0.25, 0.3) is 0 Å². The van der Waals surface area contributed by atoms with Crippen LogP contribution in [-0.2, 0) is 10.0 Å². The van der Waals surface area contributed by atoms with Crippen molar-refractivity contribution in [2.75, 3.05) is 4.72 Å². The minimum Gasteiger partial charge on any atom is -0.283 e. The van der Waals surface area contributed by atoms with Crippen molar-refractivity contribution in [2.24, 2.45) is 0 Å². The van der Waals surface area contributed by atoms with Crippen LogP contribution in [0.4, 0.5) is 5.69 Å². The van der Waals surface area contributed by atoms with E-state index in [4.69, 9.17) is 6.42 Å². The maximum absolute atomic E-state index is 12.2. The van der Waals surface area contributed by atoms with Gasteiger partial charge in [0.1, 0.15) is 0 Å². The Morgan fingerprint density at radius 3 is 2.61 bits per heavy atom. The molecule has 0 aromatic heterocycles. The lowest BCUT2D eigenvalue weighted by Crippen LogP contribution is -2.29. The smallest absolute Gasteiger partial charge is 0.235 e. The Bertz CT molecular complexity index is 551. The largest absolute Gasteiger partial charge is 0.283 e. The third kappa shape index (κ3) is 3.05. The minimum absolute atomic E-state index is 0.263. The average Bonchev–Trinajstić information content (AvgIpc) is 2.39. The summed E-state index contributed by atoms with van der Waals surface area (Å²) in [4.78, 5) is 0. The van der Waals surface area contributed by atoms with Gasteiger partial charge in [0.15, 0.2) is 0 Å². The van der Waals surface area contributed by atoms with Crippen molar-refractivity contribution in [1.82, 2.24) is 0 Å². The molecular formula is C14H17NO2S. The van der Waals surface area contributed by atoms with Crippen molar-refractivity contribution in [3.8, 4) is 12.3 Å². The molecule has 1 aliphatic carbocycles. The number of hydrogen-bond donors (Lipinski definition) is 1. The molecule has 0 unspecified atom stereocenters. The first-order valence-corrected chi connectivity index (χ1v) is 7.75. The molecule has 3 nitrogen and oxygen atoms in total. The molecule has 1 fully saturated rings. The van der Waals surface area contributed by atoms with Crippen LogP contribution in [-0.4, -0.2) is 13.7 Å². The molecule has 4 heteroatoms. The lowest BCUT2D eigenvalue weighted by Gasteiger charge is -2.22. The van der Waals surface area contributed by atoms with Crippen LogP contribution in [0.3, 0.4) is 0 Å². The molecule has 18 heavy (non-hydrogen) atoms. The van der Waals surface area contributed by atoms with Gasteiger partial charge in [0.05, 0.1) is 5.25 Å². The number of benzene rings is 1. The van der Waals surface area contributed by atoms with E-state index >= 15 is 0 Å². The summed E-state index contributed by atoms with van der Waals surface area (Å²) in [6, 6.07) is 6.94. The quantitative estimate of drug-likeness (QED) is 0.852. The first-order valence-electron chi connectivity index (χ1n) is 6.20. The maximum atomic E-state index is 12.2. The maximum Gasteiger partial charge on any atom is 0.235 e. The Morgan fingerprint density at radius 2 is 1.94 bits per heavy atom. The molecule has 0 atom stereocenters. The zero-order chi connectivity index (χ0) is 13.0. The molecule has 1 aromatic rings. The lowest BCUT2D eigenvalue weighted by molar-refractivity contribution is 0.486. The van der Waals surface area contributed by atoms with Gasteiger partial charge in [0.2, 0.25) is 10.0 Å². The second kappa shape index (κ2) is 5.45. The summed E-state index contributed by atoms with van der Waals surface area (Å²) >= 11 is 0. The standard InChI is InChI=1S/C14H17NO2S/c1-2-12-7-6-8-13(11-12)15-18(16,17)14-9-4-3-5-10-14/h1,6-8,11,14-15H,3-5,9-10H2. The summed E-state index contributed by atoms with van der Waals surface area (Å²) < 4.78 is 27.0. The van der Waals surface area contributed by atoms with E-state index in [0.29, 0.717) is 11.3 Å². The van der Waals surface area contributed by atoms with E-state index in [-0.39, 0.29) is 5.25 Å². The molecule has 1 N–H and O–H groups in total. The van der Waals surface area contributed by atoms with Gasteiger partial charge < -0.3 is 0 Å². The molecular weight excluding hydrogens is 246 g/mol. The van der Waals surface area contributed by atoms with E-state index in [9.17, 15) is 8.42 Å². The number of rotatable bonds is 3. The van der Waals surface area contributed by atoms with Gasteiger partial charge in [-0.15, -0.1) is 6.42 Å². The van der Waals surface area contributed by atoms with Crippen LogP contribution >= 0.6 is 0 Å². The highest BCUT2D eigenvalue weighted by molar-refractivity contribution is 7.93. The van der Waals surface area contributed by atoms with Crippen LogP contribution in [0.2, 0.25) is 0 Å². The third-order valence-corrected chi connectivity index (χ3v) is 5.15. The zero-order valence-electron chi connectivity index (χ0n) is 10.2. The Labute approximate surface area is 109 Å². The van der Waals surface area contributed by atoms with Gasteiger partial charge in [0, 0.05) is 11.3 Å². The highest BCUT2D eigenvalue weighted by Crippen LogP contribution is 2.25. The first-order chi connectivity index (χ1) is 8.62. The van der Waals surface area contributed by atoms with Crippen molar-refractivity contribution >= 4 is 15.7 Å². The van der Waals surface area contributed by atoms with Crippen LogP contribution in [0, 0.1) is 12.3 Å². The topological polar surface area (TPSA) is 46.2 Å². The predicted molar refractivity (Wildman–Crippen MR) is 73.8 cm³/mol. The second-order valence-corrected chi connectivity index (χ2v) is 6.59. The highest BCUT2D eigenvalue weighted by Gasteiger charge is 2.27. The predicted octanol–water partition coefficient (Wildman–Crippen LogP) is 2.74. The van der Waals surface area contributed by atoms with E-state index in [0.717, 1.165) is 32.1 Å². The average molecular weight is 263 g/mol. The molecule has 0 spiro atoms. The summed E-state index contributed by atoms with van der Waals surface area (Å²) in [6.45, 7) is 0. The van der Waals surface area contributed by atoms with E-state index in [1.165, 1.54) is 0 Å². The Morgan fingerprint density at radius 1 is 1.22 bits per heavy atom. The summed E-state index contributed by atoms with van der Waals surface area (Å²) in [5, 5.41) is -0.263. The Hall–Kier alpha value is -1.47. The molecule has 0 bridgehead atoms. The number of sulfonamides is 1. The van der Waals surface area contributed by atoms with Crippen molar-refractivity contribution in [3.05, 3.63) is 29.8 Å². The van der Waals surface area contributed by atoms with Gasteiger partial charge in [-0.1, -0.05) is 31.2 Å². The van der Waals surface area contributed by atoms with Crippen molar-refractivity contribution in [2.45, 2.75) is 37.4 Å². The van der Waals surface area contributed by atoms with Crippen molar-refractivity contribution in [3.63, 3.8) is 0 Å². The number of anilines is 1. The van der Waals surface area contributed by atoms with Crippen LogP contribution < -0.4 is 4.72 Å². The summed E-state index contributed by atoms with van der Waals surface area (Å²) in [7, 11) is -3.28. The summed E-state index contributed by atoms with van der Waals surface area (Å²) in [6.07, 6.45) is 9.94. The third-order valence-electron chi connectivity index (χ3n) is 3.28. The van der Waals surface area contributed by atoms with E-state index in [2.05, 4.69) is 10.6 Å². The van der Waals surface area contributed by atoms with Gasteiger partial charge in [-0.05, 0) is 31.0 Å². The number of hydrogen-bond acceptors (Lipinski definition) is 2. The molecule has 1 aliphatic rings. The second-order valence-electron chi connectivity index (χ2n) is 4.63. The molecule has 0 amide bonds. The molecule has 0 aliphatic heterocycles. The Balaban J connectivity index is 2.14. The van der Waals surface area contributed by atoms with Crippen LogP contribution in [0.1, 0.15) is 37.7 Å². The molecule has 96 valence electrons. The van der Waals surface area contributed by atoms with Gasteiger partial charge in [0.25, 0.3) is 0 Å². The summed E-state index contributed by atoms with van der Waals surface area (Å²) in [5.74, 6) is 2.50. The van der Waals surface area contributed by atoms with Crippen molar-refractivity contribution < 1.29 is 8.42 Å². The normalized spacial score (nSPS) is 17.1. The number of terminal acetylenes is 1. The van der Waals surface area contributed by atoms with Crippen LogP contribution in [0.15, 0.2) is 24.3 Å². The van der Waals surface area contributed by atoms with Gasteiger partial charge in [-0.3, -0.25) is 4.72 Å². The molecule has 0 saturated heterocycles. The molecule has 0 heterocycles.